The van der Waals surface area contributed by atoms with Crippen molar-refractivity contribution in [3.05, 3.63) is 41.1 Å². The van der Waals surface area contributed by atoms with Crippen molar-refractivity contribution < 1.29 is 48.9 Å². The molecule has 5 N–H and O–H groups in total. The van der Waals surface area contributed by atoms with E-state index in [1.165, 1.54) is 57.4 Å². The molecule has 3 aliphatic rings. The van der Waals surface area contributed by atoms with Gasteiger partial charge in [0.2, 0.25) is 11.1 Å². The number of tetrazole rings is 1. The van der Waals surface area contributed by atoms with E-state index in [0.29, 0.717) is 28.5 Å². The number of hydrogen-bond donors (Lipinski definition) is 5. The second-order valence-electron chi connectivity index (χ2n) is 11.1. The number of amides is 6. The molecule has 0 bridgehead atoms. The molecule has 2 fully saturated rings. The number of likely N-dealkylation sites (N-methyl/N-ethyl adjacent to an activating group) is 1. The first-order valence-corrected chi connectivity index (χ1v) is 17.2. The van der Waals surface area contributed by atoms with Crippen molar-refractivity contribution >= 4 is 95.0 Å². The van der Waals surface area contributed by atoms with Gasteiger partial charge in [0.25, 0.3) is 5.91 Å². The van der Waals surface area contributed by atoms with Gasteiger partial charge in [-0.3, -0.25) is 29.0 Å². The number of carboxylic acid groups (broad SMARTS) is 1. The second kappa shape index (κ2) is 18.5. The summed E-state index contributed by atoms with van der Waals surface area (Å²) in [5.41, 5.74) is 0.536. The molecule has 6 amide bonds. The van der Waals surface area contributed by atoms with Gasteiger partial charge in [0.05, 0.1) is 6.10 Å². The van der Waals surface area contributed by atoms with Gasteiger partial charge in [-0.25, -0.2) is 14.3 Å². The van der Waals surface area contributed by atoms with Gasteiger partial charge in [-0.1, -0.05) is 23.9 Å². The van der Waals surface area contributed by atoms with Crippen molar-refractivity contribution in [2.24, 2.45) is 7.05 Å². The summed E-state index contributed by atoms with van der Waals surface area (Å²) < 4.78 is 1.44. The summed E-state index contributed by atoms with van der Waals surface area (Å²) in [6, 6.07) is 1.84. The second-order valence-corrected chi connectivity index (χ2v) is 13.1. The van der Waals surface area contributed by atoms with Gasteiger partial charge < -0.3 is 35.6 Å². The van der Waals surface area contributed by atoms with Crippen molar-refractivity contribution in [1.82, 2.24) is 45.5 Å². The monoisotopic (exact) mass is 757 g/mol. The van der Waals surface area contributed by atoms with E-state index < -0.39 is 59.2 Å². The standard InChI is InChI=1S/C25H27N9O8S2.C4H8O2.Na.H/c1-3-32-8-9-33(21(39)20(32)38)24(42)27-15(12-4-6-14(35)7-5-12)18(36)26-16-19(37)34-17(23(40)41)13(10-43-22(16)34)11-44-25-28-29-30-31(25)2;1-4(6)2-3-5;;/h4-7,15-16,22,35H,3,8-11H2,1-2H3,(H,26,36)(H,27,42)(H,40,41);3-4,6H,2H2,1H3;;/t15-,16-,22-;;;/m1.../s1. The number of benzene rings is 1. The Hall–Kier alpha value is -4.02. The summed E-state index contributed by atoms with van der Waals surface area (Å²) in [5.74, 6) is -4.26. The van der Waals surface area contributed by atoms with Gasteiger partial charge >= 0.3 is 53.4 Å². The van der Waals surface area contributed by atoms with E-state index in [9.17, 15) is 43.8 Å². The normalized spacial score (nSPS) is 19.5. The minimum absolute atomic E-state index is 0. The van der Waals surface area contributed by atoms with Crippen molar-refractivity contribution in [2.45, 2.75) is 49.0 Å². The van der Waals surface area contributed by atoms with Gasteiger partial charge in [-0.05, 0) is 47.5 Å². The Labute approximate surface area is 321 Å². The summed E-state index contributed by atoms with van der Waals surface area (Å²) >= 11 is 2.49. The number of aromatic hydroxyl groups is 1. The van der Waals surface area contributed by atoms with Crippen LogP contribution in [0.3, 0.4) is 0 Å². The Morgan fingerprint density at radius 1 is 1.14 bits per heavy atom. The quantitative estimate of drug-likeness (QED) is 0.0557. The van der Waals surface area contributed by atoms with Crippen molar-refractivity contribution in [3.63, 3.8) is 0 Å². The number of aldehydes is 1. The van der Waals surface area contributed by atoms with Crippen LogP contribution < -0.4 is 10.6 Å². The zero-order chi connectivity index (χ0) is 36.7. The molecule has 0 radical (unpaired) electrons. The van der Waals surface area contributed by atoms with Crippen LogP contribution in [-0.2, 0) is 35.8 Å². The van der Waals surface area contributed by atoms with Crippen LogP contribution in [0.25, 0.3) is 0 Å². The number of aromatic nitrogens is 4. The number of phenols is 1. The fourth-order valence-electron chi connectivity index (χ4n) is 5.00. The van der Waals surface area contributed by atoms with Crippen LogP contribution in [0, 0.1) is 0 Å². The van der Waals surface area contributed by atoms with Crippen molar-refractivity contribution in [3.8, 4) is 5.75 Å². The molecule has 1 aromatic carbocycles. The molecule has 0 saturated carbocycles. The number of phenolic OH excluding ortho intramolecular Hbond substituents is 1. The number of carboxylic acids is 1. The summed E-state index contributed by atoms with van der Waals surface area (Å²) in [6.07, 6.45) is 0.479. The molecule has 5 rings (SSSR count). The molecule has 4 atom stereocenters. The fourth-order valence-corrected chi connectivity index (χ4v) is 7.34. The van der Waals surface area contributed by atoms with E-state index >= 15 is 0 Å². The Balaban J connectivity index is 0.000000923. The van der Waals surface area contributed by atoms with Gasteiger partial charge in [0.15, 0.2) is 0 Å². The van der Waals surface area contributed by atoms with E-state index in [4.69, 9.17) is 5.11 Å². The SMILES string of the molecule is CC(O)CC=O.CCN1CCN(C(=O)N[C@@H](C(=O)N[C@@H]2C(=O)N3C(C(=O)O)=C(CSc4nnnn4C)CS[C@H]23)c2ccc(O)cc2)C(=O)C1=O.[NaH]. The third-order valence-electron chi connectivity index (χ3n) is 7.63. The number of nitrogens with zero attached hydrogens (tertiary/aromatic N) is 7. The molecular formula is C29H36N9NaO10S2. The number of piperazine rings is 1. The van der Waals surface area contributed by atoms with Gasteiger partial charge in [-0.2, -0.15) is 0 Å². The number of aliphatic carboxylic acids is 1. The van der Waals surface area contributed by atoms with Crippen LogP contribution in [0.15, 0.2) is 40.7 Å². The molecule has 1 unspecified atom stereocenters. The number of carbonyl (C=O) groups excluding carboxylic acids is 6. The van der Waals surface area contributed by atoms with E-state index in [-0.39, 0.29) is 77.6 Å². The molecule has 1 aromatic heterocycles. The number of aryl methyl sites for hydroxylation is 1. The first kappa shape index (κ1) is 41.4. The molecule has 2 aromatic rings. The van der Waals surface area contributed by atoms with E-state index in [2.05, 4.69) is 26.2 Å². The summed E-state index contributed by atoms with van der Waals surface area (Å²) in [6.45, 7) is 3.62. The zero-order valence-corrected chi connectivity index (χ0v) is 28.7. The number of carbonyl (C=O) groups is 7. The Bertz CT molecular complexity index is 1690. The van der Waals surface area contributed by atoms with Crippen molar-refractivity contribution in [2.75, 3.05) is 31.1 Å². The minimum atomic E-state index is -1.42. The predicted octanol–water partition coefficient (Wildman–Crippen LogP) is -1.80. The van der Waals surface area contributed by atoms with Crippen LogP contribution in [-0.4, -0.2) is 170 Å². The number of thioether (sulfide) groups is 2. The molecule has 270 valence electrons. The maximum atomic E-state index is 13.6. The molecule has 4 heterocycles. The molecule has 0 spiro atoms. The number of imide groups is 1. The van der Waals surface area contributed by atoms with Crippen LogP contribution in [0.4, 0.5) is 4.79 Å². The van der Waals surface area contributed by atoms with Gasteiger partial charge in [0, 0.05) is 44.6 Å². The molecule has 3 aliphatic heterocycles. The summed E-state index contributed by atoms with van der Waals surface area (Å²) in [4.78, 5) is 89.6. The Morgan fingerprint density at radius 2 is 1.82 bits per heavy atom. The molecule has 0 aliphatic carbocycles. The fraction of sp³-hybridized carbons (Fsp3) is 0.448. The van der Waals surface area contributed by atoms with Crippen LogP contribution >= 0.6 is 23.5 Å². The molecule has 19 nitrogen and oxygen atoms in total. The zero-order valence-electron chi connectivity index (χ0n) is 27.1. The van der Waals surface area contributed by atoms with Crippen molar-refractivity contribution in [1.29, 1.82) is 0 Å². The maximum absolute atomic E-state index is 13.6. The predicted molar refractivity (Wildman–Crippen MR) is 182 cm³/mol. The first-order chi connectivity index (χ1) is 23.8. The number of hydrogen-bond acceptors (Lipinski definition) is 14. The van der Waals surface area contributed by atoms with Crippen LogP contribution in [0.5, 0.6) is 5.75 Å². The molecule has 22 heteroatoms. The summed E-state index contributed by atoms with van der Waals surface area (Å²) in [5, 5.41) is 44.0. The third kappa shape index (κ3) is 9.65. The number of β-lactam (4-membered cyclic amide) rings is 1. The first-order valence-electron chi connectivity index (χ1n) is 15.2. The van der Waals surface area contributed by atoms with Gasteiger partial charge in [0.1, 0.15) is 35.2 Å². The Kier molecular flexibility index (Phi) is 15.0. The number of aliphatic hydroxyl groups excluding tert-OH is 1. The average molecular weight is 758 g/mol. The summed E-state index contributed by atoms with van der Waals surface area (Å²) in [7, 11) is 1.64. The van der Waals surface area contributed by atoms with E-state index in [1.807, 2.05) is 0 Å². The number of aliphatic hydroxyl groups is 1. The van der Waals surface area contributed by atoms with E-state index in [0.717, 1.165) is 4.90 Å². The van der Waals surface area contributed by atoms with Crippen LogP contribution in [0.2, 0.25) is 0 Å². The molecular weight excluding hydrogens is 721 g/mol. The number of nitrogens with one attached hydrogen (secondary N) is 2. The number of urea groups is 1. The number of fused-ring (bicyclic) bond motifs is 1. The Morgan fingerprint density at radius 3 is 2.37 bits per heavy atom. The molecule has 2 saturated heterocycles. The number of rotatable bonds is 11. The topological polar surface area (TPSA) is 258 Å². The molecule has 51 heavy (non-hydrogen) atoms. The third-order valence-corrected chi connectivity index (χ3v) is 10.1. The van der Waals surface area contributed by atoms with Crippen LogP contribution in [0.1, 0.15) is 31.9 Å². The van der Waals surface area contributed by atoms with Gasteiger partial charge in [-0.15, -0.1) is 16.9 Å². The average Bonchev–Trinajstić information content (AvgIpc) is 3.50. The van der Waals surface area contributed by atoms with E-state index in [1.54, 1.807) is 20.9 Å².